The summed E-state index contributed by atoms with van der Waals surface area (Å²) in [6, 6.07) is 4.55. The summed E-state index contributed by atoms with van der Waals surface area (Å²) >= 11 is 0. The third-order valence-electron chi connectivity index (χ3n) is 4.78. The van der Waals surface area contributed by atoms with Crippen molar-refractivity contribution in [3.8, 4) is 0 Å². The molecule has 2 N–H and O–H groups in total. The SMILES string of the molecule is CN(C)C1CCN(c2ccc(NC(=O)C3CNCCO3)nc2)CC1.Cl.Cl.Cl. The topological polar surface area (TPSA) is 69.7 Å². The number of ether oxygens (including phenoxy) is 1. The fraction of sp³-hybridized carbons (Fsp3) is 0.647. The van der Waals surface area contributed by atoms with Gasteiger partial charge in [0.15, 0.2) is 0 Å². The number of aromatic nitrogens is 1. The van der Waals surface area contributed by atoms with E-state index in [0.717, 1.165) is 38.2 Å². The van der Waals surface area contributed by atoms with Crippen LogP contribution in [0, 0.1) is 0 Å². The predicted molar refractivity (Wildman–Crippen MR) is 116 cm³/mol. The molecule has 7 nitrogen and oxygen atoms in total. The Kier molecular flexibility index (Phi) is 12.2. The van der Waals surface area contributed by atoms with E-state index >= 15 is 0 Å². The standard InChI is InChI=1S/C17H27N5O2.3ClH/c1-21(2)13-5-8-22(9-6-13)14-3-4-16(19-11-14)20-17(23)15-12-18-7-10-24-15;;;/h3-4,11,13,15,18H,5-10,12H2,1-2H3,(H,19,20,23);3*1H. The molecule has 3 heterocycles. The van der Waals surface area contributed by atoms with Crippen molar-refractivity contribution >= 4 is 54.6 Å². The number of hydrogen-bond acceptors (Lipinski definition) is 6. The first-order chi connectivity index (χ1) is 11.6. The van der Waals surface area contributed by atoms with Gasteiger partial charge >= 0.3 is 0 Å². The zero-order valence-electron chi connectivity index (χ0n) is 15.7. The number of morpholine rings is 1. The van der Waals surface area contributed by atoms with Gasteiger partial charge in [0.05, 0.1) is 18.5 Å². The minimum Gasteiger partial charge on any atom is -0.370 e. The normalized spacial score (nSPS) is 20.1. The molecule has 0 radical (unpaired) electrons. The van der Waals surface area contributed by atoms with E-state index in [1.807, 2.05) is 18.3 Å². The van der Waals surface area contributed by atoms with Gasteiger partial charge in [0.1, 0.15) is 11.9 Å². The molecule has 1 amide bonds. The largest absolute Gasteiger partial charge is 0.370 e. The van der Waals surface area contributed by atoms with Crippen LogP contribution in [0.2, 0.25) is 0 Å². The fourth-order valence-electron chi connectivity index (χ4n) is 3.23. The molecule has 27 heavy (non-hydrogen) atoms. The molecular weight excluding hydrogens is 413 g/mol. The lowest BCUT2D eigenvalue weighted by atomic mass is 10.0. The third-order valence-corrected chi connectivity index (χ3v) is 4.78. The Hall–Kier alpha value is -0.830. The summed E-state index contributed by atoms with van der Waals surface area (Å²) in [5, 5.41) is 5.97. The van der Waals surface area contributed by atoms with Gasteiger partial charge in [-0.25, -0.2) is 4.98 Å². The van der Waals surface area contributed by atoms with Crippen molar-refractivity contribution in [1.29, 1.82) is 0 Å². The molecule has 3 rings (SSSR count). The van der Waals surface area contributed by atoms with Gasteiger partial charge in [-0.15, -0.1) is 37.2 Å². The minimum absolute atomic E-state index is 0. The summed E-state index contributed by atoms with van der Waals surface area (Å²) in [6.07, 6.45) is 3.73. The summed E-state index contributed by atoms with van der Waals surface area (Å²) in [5.74, 6) is 0.426. The number of carbonyl (C=O) groups excluding carboxylic acids is 1. The Morgan fingerprint density at radius 3 is 2.48 bits per heavy atom. The molecule has 156 valence electrons. The molecule has 0 spiro atoms. The molecule has 0 aliphatic carbocycles. The summed E-state index contributed by atoms with van der Waals surface area (Å²) in [4.78, 5) is 21.2. The van der Waals surface area contributed by atoms with Gasteiger partial charge in [-0.05, 0) is 39.1 Å². The van der Waals surface area contributed by atoms with Crippen molar-refractivity contribution in [2.75, 3.05) is 57.1 Å². The van der Waals surface area contributed by atoms with Crippen LogP contribution in [0.15, 0.2) is 18.3 Å². The molecule has 0 saturated carbocycles. The molecule has 2 saturated heterocycles. The van der Waals surface area contributed by atoms with E-state index in [9.17, 15) is 4.79 Å². The van der Waals surface area contributed by atoms with Gasteiger partial charge in [0.25, 0.3) is 5.91 Å². The lowest BCUT2D eigenvalue weighted by Gasteiger charge is -2.36. The Bertz CT molecular complexity index is 548. The highest BCUT2D eigenvalue weighted by molar-refractivity contribution is 5.93. The summed E-state index contributed by atoms with van der Waals surface area (Å²) in [7, 11) is 4.29. The van der Waals surface area contributed by atoms with Gasteiger partial charge in [0, 0.05) is 32.2 Å². The second kappa shape index (κ2) is 12.6. The molecule has 2 fully saturated rings. The second-order valence-electron chi connectivity index (χ2n) is 6.64. The molecule has 0 bridgehead atoms. The van der Waals surface area contributed by atoms with Crippen LogP contribution in [0.3, 0.4) is 0 Å². The van der Waals surface area contributed by atoms with Crippen molar-refractivity contribution in [3.05, 3.63) is 18.3 Å². The van der Waals surface area contributed by atoms with Crippen LogP contribution in [0.25, 0.3) is 0 Å². The summed E-state index contributed by atoms with van der Waals surface area (Å²) in [6.45, 7) is 3.98. The van der Waals surface area contributed by atoms with Crippen LogP contribution in [-0.4, -0.2) is 74.8 Å². The van der Waals surface area contributed by atoms with Crippen LogP contribution < -0.4 is 15.5 Å². The smallest absolute Gasteiger partial charge is 0.255 e. The lowest BCUT2D eigenvalue weighted by molar-refractivity contribution is -0.128. The average Bonchev–Trinajstić information content (AvgIpc) is 2.63. The third kappa shape index (κ3) is 7.25. The van der Waals surface area contributed by atoms with E-state index in [1.165, 1.54) is 0 Å². The van der Waals surface area contributed by atoms with E-state index in [2.05, 4.69) is 39.5 Å². The number of anilines is 2. The maximum atomic E-state index is 12.1. The number of pyridine rings is 1. The molecule has 2 aliphatic heterocycles. The van der Waals surface area contributed by atoms with E-state index in [0.29, 0.717) is 25.0 Å². The average molecular weight is 443 g/mol. The van der Waals surface area contributed by atoms with E-state index in [1.54, 1.807) is 0 Å². The molecular formula is C17H30Cl3N5O2. The fourth-order valence-corrected chi connectivity index (χ4v) is 3.23. The van der Waals surface area contributed by atoms with E-state index in [4.69, 9.17) is 4.74 Å². The van der Waals surface area contributed by atoms with Gasteiger partial charge in [-0.3, -0.25) is 4.79 Å². The minimum atomic E-state index is -0.440. The first-order valence-corrected chi connectivity index (χ1v) is 8.64. The Morgan fingerprint density at radius 2 is 1.96 bits per heavy atom. The highest BCUT2D eigenvalue weighted by Crippen LogP contribution is 2.22. The molecule has 0 aromatic carbocycles. The number of halogens is 3. The van der Waals surface area contributed by atoms with Crippen LogP contribution >= 0.6 is 37.2 Å². The number of nitrogens with one attached hydrogen (secondary N) is 2. The Balaban J connectivity index is 0.00000225. The predicted octanol–water partition coefficient (Wildman–Crippen LogP) is 1.80. The van der Waals surface area contributed by atoms with E-state index in [-0.39, 0.29) is 43.1 Å². The summed E-state index contributed by atoms with van der Waals surface area (Å²) in [5.41, 5.74) is 1.11. The lowest BCUT2D eigenvalue weighted by Crippen LogP contribution is -2.45. The molecule has 1 atom stereocenters. The van der Waals surface area contributed by atoms with Crippen LogP contribution in [0.1, 0.15) is 12.8 Å². The number of nitrogens with zero attached hydrogens (tertiary/aromatic N) is 3. The van der Waals surface area contributed by atoms with Gasteiger partial charge in [-0.1, -0.05) is 0 Å². The Labute approximate surface area is 179 Å². The quantitative estimate of drug-likeness (QED) is 0.741. The van der Waals surface area contributed by atoms with Crippen LogP contribution in [0.4, 0.5) is 11.5 Å². The van der Waals surface area contributed by atoms with Gasteiger partial charge in [-0.2, -0.15) is 0 Å². The Morgan fingerprint density at radius 1 is 1.26 bits per heavy atom. The molecule has 1 aromatic heterocycles. The molecule has 1 unspecified atom stereocenters. The monoisotopic (exact) mass is 441 g/mol. The van der Waals surface area contributed by atoms with Gasteiger partial charge in [0.2, 0.25) is 0 Å². The van der Waals surface area contributed by atoms with Crippen molar-refractivity contribution < 1.29 is 9.53 Å². The van der Waals surface area contributed by atoms with Crippen molar-refractivity contribution in [2.24, 2.45) is 0 Å². The molecule has 10 heteroatoms. The van der Waals surface area contributed by atoms with Crippen LogP contribution in [0.5, 0.6) is 0 Å². The highest BCUT2D eigenvalue weighted by atomic mass is 35.5. The molecule has 2 aliphatic rings. The summed E-state index contributed by atoms with van der Waals surface area (Å²) < 4.78 is 5.45. The zero-order valence-corrected chi connectivity index (χ0v) is 18.2. The van der Waals surface area contributed by atoms with Crippen LogP contribution in [-0.2, 0) is 9.53 Å². The maximum Gasteiger partial charge on any atom is 0.255 e. The number of amides is 1. The maximum absolute atomic E-state index is 12.1. The first kappa shape index (κ1) is 26.2. The highest BCUT2D eigenvalue weighted by Gasteiger charge is 2.23. The molecule has 1 aromatic rings. The van der Waals surface area contributed by atoms with Gasteiger partial charge < -0.3 is 25.2 Å². The van der Waals surface area contributed by atoms with Crippen molar-refractivity contribution in [3.63, 3.8) is 0 Å². The number of carbonyl (C=O) groups is 1. The first-order valence-electron chi connectivity index (χ1n) is 8.64. The zero-order chi connectivity index (χ0) is 16.9. The van der Waals surface area contributed by atoms with Crippen molar-refractivity contribution in [2.45, 2.75) is 25.0 Å². The van der Waals surface area contributed by atoms with Crippen molar-refractivity contribution in [1.82, 2.24) is 15.2 Å². The number of rotatable bonds is 4. The number of piperidine rings is 1. The number of hydrogen-bond donors (Lipinski definition) is 2. The second-order valence-corrected chi connectivity index (χ2v) is 6.64. The van der Waals surface area contributed by atoms with E-state index < -0.39 is 6.10 Å².